The number of benzene rings is 1. The molecule has 0 aliphatic carbocycles. The van der Waals surface area contributed by atoms with Crippen LogP contribution in [-0.4, -0.2) is 61.3 Å². The van der Waals surface area contributed by atoms with Gasteiger partial charge in [-0.2, -0.15) is 0 Å². The molecule has 0 saturated carbocycles. The number of methoxy groups -OCH3 is 2. The summed E-state index contributed by atoms with van der Waals surface area (Å²) >= 11 is 0. The Morgan fingerprint density at radius 3 is 2.41 bits per heavy atom. The van der Waals surface area contributed by atoms with Gasteiger partial charge in [-0.1, -0.05) is 12.1 Å². The summed E-state index contributed by atoms with van der Waals surface area (Å²) in [5.41, 5.74) is 4.59. The molecule has 2 aromatic rings. The maximum atomic E-state index is 13.3. The summed E-state index contributed by atoms with van der Waals surface area (Å²) in [6.45, 7) is 8.14. The summed E-state index contributed by atoms with van der Waals surface area (Å²) < 4.78 is 17.3. The van der Waals surface area contributed by atoms with Gasteiger partial charge in [-0.05, 0) is 57.5 Å². The van der Waals surface area contributed by atoms with Gasteiger partial charge in [0.1, 0.15) is 0 Å². The summed E-state index contributed by atoms with van der Waals surface area (Å²) in [7, 11) is 2.90. The van der Waals surface area contributed by atoms with Crippen LogP contribution in [0.3, 0.4) is 0 Å². The molecule has 1 aromatic carbocycles. The topological polar surface area (TPSA) is 87.1 Å². The van der Waals surface area contributed by atoms with Gasteiger partial charge < -0.3 is 23.7 Å². The fraction of sp³-hybridized carbons (Fsp3) is 0.346. The van der Waals surface area contributed by atoms with Crippen LogP contribution in [0.5, 0.6) is 0 Å². The minimum atomic E-state index is -0.538. The average molecular weight is 467 g/mol. The zero-order valence-corrected chi connectivity index (χ0v) is 20.4. The largest absolute Gasteiger partial charge is 0.465 e. The van der Waals surface area contributed by atoms with Crippen LogP contribution in [0.2, 0.25) is 0 Å². The van der Waals surface area contributed by atoms with Crippen LogP contribution < -0.4 is 0 Å². The number of hydrogen-bond donors (Lipinski definition) is 0. The molecule has 3 rings (SSSR count). The first-order valence-corrected chi connectivity index (χ1v) is 11.0. The highest BCUT2D eigenvalue weighted by Gasteiger charge is 2.37. The van der Waals surface area contributed by atoms with Crippen molar-refractivity contribution in [2.45, 2.75) is 27.7 Å². The van der Waals surface area contributed by atoms with E-state index in [0.29, 0.717) is 30.1 Å². The van der Waals surface area contributed by atoms with E-state index >= 15 is 0 Å². The molecule has 8 nitrogen and oxygen atoms in total. The summed E-state index contributed by atoms with van der Waals surface area (Å²) in [5.74, 6) is -1.26. The molecule has 0 radical (unpaired) electrons. The van der Waals surface area contributed by atoms with Crippen molar-refractivity contribution < 1.29 is 28.6 Å². The first kappa shape index (κ1) is 25.0. The maximum absolute atomic E-state index is 13.3. The summed E-state index contributed by atoms with van der Waals surface area (Å²) in [4.78, 5) is 39.9. The first-order chi connectivity index (χ1) is 16.3. The molecular formula is C26H30N2O6. The Labute approximate surface area is 199 Å². The van der Waals surface area contributed by atoms with E-state index in [1.54, 1.807) is 39.2 Å². The molecule has 0 bridgehead atoms. The summed E-state index contributed by atoms with van der Waals surface area (Å²) in [6.07, 6.45) is 1.71. The zero-order valence-electron chi connectivity index (χ0n) is 20.4. The number of hydrogen-bond acceptors (Lipinski definition) is 6. The van der Waals surface area contributed by atoms with Crippen LogP contribution >= 0.6 is 0 Å². The third kappa shape index (κ3) is 4.54. The molecule has 0 fully saturated rings. The van der Waals surface area contributed by atoms with Gasteiger partial charge in [-0.15, -0.1) is 0 Å². The molecule has 1 amide bonds. The number of aromatic nitrogens is 1. The molecule has 1 aliphatic heterocycles. The number of rotatable bonds is 8. The molecule has 1 aliphatic rings. The van der Waals surface area contributed by atoms with Gasteiger partial charge in [0.2, 0.25) is 0 Å². The third-order valence-corrected chi connectivity index (χ3v) is 5.83. The number of ether oxygens (including phenoxy) is 3. The lowest BCUT2D eigenvalue weighted by atomic mass is 10.0. The molecule has 2 heterocycles. The van der Waals surface area contributed by atoms with Gasteiger partial charge in [0.05, 0.1) is 42.7 Å². The number of aryl methyl sites for hydroxylation is 1. The molecule has 0 N–H and O–H groups in total. The smallest absolute Gasteiger partial charge is 0.340 e. The van der Waals surface area contributed by atoms with Gasteiger partial charge in [0.15, 0.2) is 0 Å². The van der Waals surface area contributed by atoms with E-state index in [4.69, 9.17) is 14.2 Å². The second-order valence-corrected chi connectivity index (χ2v) is 7.86. The second kappa shape index (κ2) is 10.5. The molecule has 1 aromatic heterocycles. The van der Waals surface area contributed by atoms with Crippen LogP contribution in [0.1, 0.15) is 41.2 Å². The Morgan fingerprint density at radius 2 is 1.76 bits per heavy atom. The fourth-order valence-corrected chi connectivity index (χ4v) is 4.19. The van der Waals surface area contributed by atoms with Crippen molar-refractivity contribution in [3.8, 4) is 5.69 Å². The number of amides is 1. The van der Waals surface area contributed by atoms with Crippen molar-refractivity contribution in [1.29, 1.82) is 0 Å². The van der Waals surface area contributed by atoms with E-state index in [1.807, 2.05) is 36.6 Å². The number of carbonyl (C=O) groups excluding carboxylic acids is 3. The van der Waals surface area contributed by atoms with Gasteiger partial charge >= 0.3 is 11.9 Å². The first-order valence-electron chi connectivity index (χ1n) is 11.0. The minimum absolute atomic E-state index is 0.202. The van der Waals surface area contributed by atoms with Crippen molar-refractivity contribution in [3.63, 3.8) is 0 Å². The Morgan fingerprint density at radius 1 is 1.06 bits per heavy atom. The molecule has 34 heavy (non-hydrogen) atoms. The number of carbonyl (C=O) groups is 3. The highest BCUT2D eigenvalue weighted by Crippen LogP contribution is 2.33. The van der Waals surface area contributed by atoms with Crippen molar-refractivity contribution in [2.24, 2.45) is 0 Å². The van der Waals surface area contributed by atoms with Crippen molar-refractivity contribution in [1.82, 2.24) is 9.47 Å². The zero-order chi connectivity index (χ0) is 25.0. The van der Waals surface area contributed by atoms with Crippen LogP contribution in [0, 0.1) is 13.8 Å². The van der Waals surface area contributed by atoms with E-state index in [1.165, 1.54) is 12.0 Å². The van der Waals surface area contributed by atoms with E-state index < -0.39 is 11.9 Å². The lowest BCUT2D eigenvalue weighted by molar-refractivity contribution is -0.138. The minimum Gasteiger partial charge on any atom is -0.465 e. The van der Waals surface area contributed by atoms with Gasteiger partial charge in [-0.3, -0.25) is 4.79 Å². The number of esters is 2. The van der Waals surface area contributed by atoms with E-state index in [2.05, 4.69) is 0 Å². The molecule has 0 unspecified atom stereocenters. The molecule has 0 saturated heterocycles. The van der Waals surface area contributed by atoms with E-state index in [-0.39, 0.29) is 23.7 Å². The van der Waals surface area contributed by atoms with Crippen molar-refractivity contribution in [3.05, 3.63) is 69.7 Å². The molecule has 0 atom stereocenters. The quantitative estimate of drug-likeness (QED) is 0.437. The van der Waals surface area contributed by atoms with Crippen LogP contribution in [0.25, 0.3) is 11.8 Å². The second-order valence-electron chi connectivity index (χ2n) is 7.86. The maximum Gasteiger partial charge on any atom is 0.340 e. The SMILES string of the molecule is CCOC(=O)C1=C(C)N(CCOC)C(=O)/C1=C\c1cc(C)n(-c2ccccc2C(=O)OC)c1C. The average Bonchev–Trinajstić information content (AvgIpc) is 3.23. The van der Waals surface area contributed by atoms with E-state index in [9.17, 15) is 14.4 Å². The Kier molecular flexibility index (Phi) is 7.73. The highest BCUT2D eigenvalue weighted by molar-refractivity contribution is 6.16. The normalized spacial score (nSPS) is 14.8. The Hall–Kier alpha value is -3.65. The number of allylic oxidation sites excluding steroid dienone is 1. The van der Waals surface area contributed by atoms with Gasteiger partial charge in [-0.25, -0.2) is 9.59 Å². The molecule has 0 spiro atoms. The van der Waals surface area contributed by atoms with E-state index in [0.717, 1.165) is 17.0 Å². The number of nitrogens with zero attached hydrogens (tertiary/aromatic N) is 2. The van der Waals surface area contributed by atoms with Crippen molar-refractivity contribution in [2.75, 3.05) is 34.0 Å². The van der Waals surface area contributed by atoms with Crippen molar-refractivity contribution >= 4 is 23.9 Å². The standard InChI is InChI=1S/C26H30N2O6/c1-7-34-26(31)23-18(4)27(12-13-32-5)24(29)21(23)15-19-14-16(2)28(17(19)3)22-11-9-8-10-20(22)25(30)33-6/h8-11,14-15H,7,12-13H2,1-6H3/b21-15-. The summed E-state index contributed by atoms with van der Waals surface area (Å²) in [5, 5.41) is 0. The molecule has 180 valence electrons. The Balaban J connectivity index is 2.14. The lowest BCUT2D eigenvalue weighted by Gasteiger charge is -2.16. The van der Waals surface area contributed by atoms with Crippen LogP contribution in [-0.2, 0) is 23.8 Å². The fourth-order valence-electron chi connectivity index (χ4n) is 4.19. The predicted octanol–water partition coefficient (Wildman–Crippen LogP) is 3.59. The third-order valence-electron chi connectivity index (χ3n) is 5.83. The molecular weight excluding hydrogens is 436 g/mol. The molecule has 8 heteroatoms. The monoisotopic (exact) mass is 466 g/mol. The Bertz CT molecular complexity index is 1190. The predicted molar refractivity (Wildman–Crippen MR) is 127 cm³/mol. The van der Waals surface area contributed by atoms with Crippen LogP contribution in [0.4, 0.5) is 0 Å². The highest BCUT2D eigenvalue weighted by atomic mass is 16.5. The summed E-state index contributed by atoms with van der Waals surface area (Å²) in [6, 6.07) is 9.08. The van der Waals surface area contributed by atoms with Gasteiger partial charge in [0.25, 0.3) is 5.91 Å². The van der Waals surface area contributed by atoms with Gasteiger partial charge in [0, 0.05) is 30.7 Å². The lowest BCUT2D eigenvalue weighted by Crippen LogP contribution is -2.28. The number of para-hydroxylation sites is 1. The van der Waals surface area contributed by atoms with Crippen LogP contribution in [0.15, 0.2) is 47.2 Å².